The maximum atomic E-state index is 12.7. The third-order valence-corrected chi connectivity index (χ3v) is 6.03. The van der Waals surface area contributed by atoms with Gasteiger partial charge < -0.3 is 24.8 Å². The number of urea groups is 1. The highest BCUT2D eigenvalue weighted by Crippen LogP contribution is 2.38. The SMILES string of the molecule is CCOC(=O)C1=C(CN2CCC[C@H]2c2ccc3c(c2)OCCCO3)NC(=O)N[C@H]1CC. The number of nitrogens with zero attached hydrogens (tertiary/aromatic N) is 1. The maximum Gasteiger partial charge on any atom is 0.337 e. The number of amides is 2. The molecule has 2 amide bonds. The molecule has 0 aromatic heterocycles. The lowest BCUT2D eigenvalue weighted by atomic mass is 9.99. The highest BCUT2D eigenvalue weighted by molar-refractivity contribution is 5.94. The molecule has 3 heterocycles. The monoisotopic (exact) mass is 429 g/mol. The third-order valence-electron chi connectivity index (χ3n) is 6.03. The quantitative estimate of drug-likeness (QED) is 0.676. The second kappa shape index (κ2) is 9.60. The Balaban J connectivity index is 1.60. The standard InChI is InChI=1S/C23H31N3O5/c1-3-16-21(22(27)29-4-2)17(25-23(28)24-16)14-26-10-5-7-18(26)15-8-9-19-20(13-15)31-12-6-11-30-19/h8-9,13,16,18H,3-7,10-12,14H2,1-2H3,(H2,24,25,28)/t16-,18-/m0/s1. The van der Waals surface area contributed by atoms with Crippen molar-refractivity contribution in [3.63, 3.8) is 0 Å². The van der Waals surface area contributed by atoms with Crippen molar-refractivity contribution in [2.24, 2.45) is 0 Å². The van der Waals surface area contributed by atoms with Crippen LogP contribution in [-0.2, 0) is 9.53 Å². The van der Waals surface area contributed by atoms with Gasteiger partial charge in [-0.05, 0) is 50.4 Å². The van der Waals surface area contributed by atoms with Crippen LogP contribution in [0.3, 0.4) is 0 Å². The summed E-state index contributed by atoms with van der Waals surface area (Å²) in [5, 5.41) is 5.71. The zero-order valence-electron chi connectivity index (χ0n) is 18.2. The largest absolute Gasteiger partial charge is 0.490 e. The first-order valence-corrected chi connectivity index (χ1v) is 11.2. The molecule has 1 aromatic carbocycles. The Bertz CT molecular complexity index is 869. The van der Waals surface area contributed by atoms with E-state index in [0.717, 1.165) is 42.9 Å². The second-order valence-corrected chi connectivity index (χ2v) is 8.06. The van der Waals surface area contributed by atoms with Gasteiger partial charge in [0.2, 0.25) is 0 Å². The molecule has 4 rings (SSSR count). The number of carbonyl (C=O) groups excluding carboxylic acids is 2. The Morgan fingerprint density at radius 2 is 2.00 bits per heavy atom. The molecule has 168 valence electrons. The number of hydrogen-bond acceptors (Lipinski definition) is 6. The van der Waals surface area contributed by atoms with E-state index in [1.165, 1.54) is 0 Å². The van der Waals surface area contributed by atoms with Crippen molar-refractivity contribution in [1.29, 1.82) is 0 Å². The molecule has 8 nitrogen and oxygen atoms in total. The van der Waals surface area contributed by atoms with E-state index in [1.54, 1.807) is 6.92 Å². The second-order valence-electron chi connectivity index (χ2n) is 8.06. The van der Waals surface area contributed by atoms with Crippen LogP contribution in [0.2, 0.25) is 0 Å². The van der Waals surface area contributed by atoms with E-state index in [9.17, 15) is 9.59 Å². The average Bonchev–Trinajstić information content (AvgIpc) is 3.08. The molecule has 2 atom stereocenters. The van der Waals surface area contributed by atoms with Gasteiger partial charge in [-0.3, -0.25) is 4.90 Å². The molecule has 3 aliphatic rings. The molecule has 0 unspecified atom stereocenters. The molecular formula is C23H31N3O5. The summed E-state index contributed by atoms with van der Waals surface area (Å²) < 4.78 is 16.9. The number of benzene rings is 1. The minimum Gasteiger partial charge on any atom is -0.490 e. The summed E-state index contributed by atoms with van der Waals surface area (Å²) in [6.45, 7) is 6.72. The van der Waals surface area contributed by atoms with Crippen molar-refractivity contribution < 1.29 is 23.8 Å². The van der Waals surface area contributed by atoms with Gasteiger partial charge in [0.25, 0.3) is 0 Å². The zero-order valence-corrected chi connectivity index (χ0v) is 18.2. The fourth-order valence-corrected chi connectivity index (χ4v) is 4.57. The number of likely N-dealkylation sites (tertiary alicyclic amines) is 1. The molecule has 0 saturated carbocycles. The predicted molar refractivity (Wildman–Crippen MR) is 115 cm³/mol. The van der Waals surface area contributed by atoms with Crippen molar-refractivity contribution >= 4 is 12.0 Å². The zero-order chi connectivity index (χ0) is 21.8. The van der Waals surface area contributed by atoms with E-state index in [0.29, 0.717) is 44.1 Å². The first-order valence-electron chi connectivity index (χ1n) is 11.2. The highest BCUT2D eigenvalue weighted by Gasteiger charge is 2.35. The molecule has 1 saturated heterocycles. The van der Waals surface area contributed by atoms with Crippen LogP contribution in [0, 0.1) is 0 Å². The summed E-state index contributed by atoms with van der Waals surface area (Å²) in [5.74, 6) is 1.20. The van der Waals surface area contributed by atoms with Crippen LogP contribution in [0.1, 0.15) is 51.1 Å². The molecule has 8 heteroatoms. The Morgan fingerprint density at radius 1 is 1.19 bits per heavy atom. The van der Waals surface area contributed by atoms with Crippen LogP contribution >= 0.6 is 0 Å². The third kappa shape index (κ3) is 4.63. The number of nitrogens with one attached hydrogen (secondary N) is 2. The van der Waals surface area contributed by atoms with Gasteiger partial charge in [0.15, 0.2) is 11.5 Å². The number of fused-ring (bicyclic) bond motifs is 1. The normalized spacial score (nSPS) is 23.7. The van der Waals surface area contributed by atoms with Crippen LogP contribution < -0.4 is 20.1 Å². The van der Waals surface area contributed by atoms with Crippen molar-refractivity contribution in [3.05, 3.63) is 35.0 Å². The minimum absolute atomic E-state index is 0.181. The summed E-state index contributed by atoms with van der Waals surface area (Å²) in [5.41, 5.74) is 2.32. The lowest BCUT2D eigenvalue weighted by Gasteiger charge is -2.32. The van der Waals surface area contributed by atoms with Gasteiger partial charge in [0.1, 0.15) is 0 Å². The van der Waals surface area contributed by atoms with Crippen LogP contribution in [0.25, 0.3) is 0 Å². The topological polar surface area (TPSA) is 89.1 Å². The summed E-state index contributed by atoms with van der Waals surface area (Å²) >= 11 is 0. The molecular weight excluding hydrogens is 398 g/mol. The van der Waals surface area contributed by atoms with Gasteiger partial charge in [0, 0.05) is 24.7 Å². The molecule has 0 aliphatic carbocycles. The van der Waals surface area contributed by atoms with Crippen molar-refractivity contribution in [3.8, 4) is 11.5 Å². The molecule has 0 radical (unpaired) electrons. The minimum atomic E-state index is -0.372. The smallest absolute Gasteiger partial charge is 0.337 e. The number of ether oxygens (including phenoxy) is 3. The van der Waals surface area contributed by atoms with E-state index in [1.807, 2.05) is 13.0 Å². The summed E-state index contributed by atoms with van der Waals surface area (Å²) in [4.78, 5) is 27.2. The van der Waals surface area contributed by atoms with Crippen molar-refractivity contribution in [1.82, 2.24) is 15.5 Å². The molecule has 2 N–H and O–H groups in total. The van der Waals surface area contributed by atoms with Gasteiger partial charge >= 0.3 is 12.0 Å². The first-order chi connectivity index (χ1) is 15.1. The van der Waals surface area contributed by atoms with Crippen LogP contribution in [-0.4, -0.2) is 55.9 Å². The lowest BCUT2D eigenvalue weighted by molar-refractivity contribution is -0.139. The summed E-state index contributed by atoms with van der Waals surface area (Å²) in [7, 11) is 0. The van der Waals surface area contributed by atoms with Crippen LogP contribution in [0.4, 0.5) is 4.79 Å². The van der Waals surface area contributed by atoms with E-state index in [4.69, 9.17) is 14.2 Å². The van der Waals surface area contributed by atoms with Crippen molar-refractivity contribution in [2.45, 2.75) is 51.6 Å². The molecule has 0 spiro atoms. The summed E-state index contributed by atoms with van der Waals surface area (Å²) in [6, 6.07) is 5.70. The highest BCUT2D eigenvalue weighted by atomic mass is 16.5. The fraction of sp³-hybridized carbons (Fsp3) is 0.565. The predicted octanol–water partition coefficient (Wildman–Crippen LogP) is 2.89. The Labute approximate surface area is 182 Å². The van der Waals surface area contributed by atoms with E-state index < -0.39 is 0 Å². The number of carbonyl (C=O) groups is 2. The van der Waals surface area contributed by atoms with Crippen LogP contribution in [0.15, 0.2) is 29.5 Å². The van der Waals surface area contributed by atoms with Crippen molar-refractivity contribution in [2.75, 3.05) is 32.9 Å². The van der Waals surface area contributed by atoms with Gasteiger partial charge in [0.05, 0.1) is 31.4 Å². The van der Waals surface area contributed by atoms with E-state index >= 15 is 0 Å². The Kier molecular flexibility index (Phi) is 6.65. The number of rotatable bonds is 6. The maximum absolute atomic E-state index is 12.7. The van der Waals surface area contributed by atoms with Gasteiger partial charge in [-0.2, -0.15) is 0 Å². The lowest BCUT2D eigenvalue weighted by Crippen LogP contribution is -2.52. The van der Waals surface area contributed by atoms with Gasteiger partial charge in [-0.25, -0.2) is 9.59 Å². The fourth-order valence-electron chi connectivity index (χ4n) is 4.57. The molecule has 31 heavy (non-hydrogen) atoms. The molecule has 1 fully saturated rings. The van der Waals surface area contributed by atoms with E-state index in [2.05, 4.69) is 27.7 Å². The Hall–Kier alpha value is -2.74. The Morgan fingerprint density at radius 3 is 2.77 bits per heavy atom. The first kappa shape index (κ1) is 21.5. The van der Waals surface area contributed by atoms with Gasteiger partial charge in [-0.15, -0.1) is 0 Å². The average molecular weight is 430 g/mol. The molecule has 0 bridgehead atoms. The number of esters is 1. The number of hydrogen-bond donors (Lipinski definition) is 2. The molecule has 1 aromatic rings. The van der Waals surface area contributed by atoms with E-state index in [-0.39, 0.29) is 24.1 Å². The summed E-state index contributed by atoms with van der Waals surface area (Å²) in [6.07, 6.45) is 3.54. The molecule has 3 aliphatic heterocycles. The van der Waals surface area contributed by atoms with Gasteiger partial charge in [-0.1, -0.05) is 13.0 Å². The van der Waals surface area contributed by atoms with Crippen LogP contribution in [0.5, 0.6) is 11.5 Å².